The summed E-state index contributed by atoms with van der Waals surface area (Å²) in [6.45, 7) is 4.46. The Balaban J connectivity index is 1.62. The van der Waals surface area contributed by atoms with Gasteiger partial charge in [-0.3, -0.25) is 0 Å². The number of ether oxygens (including phenoxy) is 3. The molecule has 2 aromatic rings. The topological polar surface area (TPSA) is 27.7 Å². The summed E-state index contributed by atoms with van der Waals surface area (Å²) in [7, 11) is 0. The highest BCUT2D eigenvalue weighted by Gasteiger charge is 2.50. The molecule has 2 fully saturated rings. The predicted molar refractivity (Wildman–Crippen MR) is 116 cm³/mol. The van der Waals surface area contributed by atoms with Gasteiger partial charge in [-0.2, -0.15) is 26.3 Å². The summed E-state index contributed by atoms with van der Waals surface area (Å²) >= 11 is 0. The Bertz CT molecular complexity index is 983. The van der Waals surface area contributed by atoms with Crippen molar-refractivity contribution in [2.24, 2.45) is 0 Å². The van der Waals surface area contributed by atoms with Crippen LogP contribution in [0.15, 0.2) is 61.2 Å². The molecule has 35 heavy (non-hydrogen) atoms. The molecule has 9 heteroatoms. The molecule has 1 saturated carbocycles. The molecule has 1 aliphatic carbocycles. The van der Waals surface area contributed by atoms with E-state index in [1.165, 1.54) is 0 Å². The van der Waals surface area contributed by atoms with Crippen LogP contribution in [0.2, 0.25) is 0 Å². The SMILES string of the molecule is C=CC(OCc1cc(C(F)(F)F)cc(C(F)(F)F)c1)C1(c2ccccc2)CCC2(CC1)OCCO2. The maximum absolute atomic E-state index is 13.3. The van der Waals surface area contributed by atoms with Crippen molar-refractivity contribution < 1.29 is 40.6 Å². The second-order valence-electron chi connectivity index (χ2n) is 9.01. The standard InChI is InChI=1S/C26H26F6O3/c1-2-22(33-17-18-14-20(25(27,28)29)16-21(15-18)26(30,31)32)23(19-6-4-3-5-7-19)8-10-24(11-9-23)34-12-13-35-24/h2-7,14-16,22H,1,8-13,17H2. The summed E-state index contributed by atoms with van der Waals surface area (Å²) < 4.78 is 97.3. The molecule has 0 N–H and O–H groups in total. The Hall–Kier alpha value is -2.36. The largest absolute Gasteiger partial charge is 0.416 e. The first-order valence-electron chi connectivity index (χ1n) is 11.3. The van der Waals surface area contributed by atoms with Crippen molar-refractivity contribution in [1.29, 1.82) is 0 Å². The summed E-state index contributed by atoms with van der Waals surface area (Å²) in [5, 5.41) is 0. The molecule has 1 aliphatic heterocycles. The summed E-state index contributed by atoms with van der Waals surface area (Å²) in [6, 6.07) is 11.0. The highest BCUT2D eigenvalue weighted by Crippen LogP contribution is 2.49. The Morgan fingerprint density at radius 3 is 1.89 bits per heavy atom. The third kappa shape index (κ3) is 5.42. The van der Waals surface area contributed by atoms with Crippen LogP contribution < -0.4 is 0 Å². The lowest BCUT2D eigenvalue weighted by molar-refractivity contribution is -0.191. The molecule has 1 heterocycles. The maximum Gasteiger partial charge on any atom is 0.416 e. The number of hydrogen-bond donors (Lipinski definition) is 0. The van der Waals surface area contributed by atoms with E-state index in [1.807, 2.05) is 30.3 Å². The van der Waals surface area contributed by atoms with Gasteiger partial charge in [-0.15, -0.1) is 6.58 Å². The molecule has 4 rings (SSSR count). The van der Waals surface area contributed by atoms with Gasteiger partial charge in [0.25, 0.3) is 0 Å². The molecule has 0 amide bonds. The second kappa shape index (κ2) is 9.59. The van der Waals surface area contributed by atoms with Crippen LogP contribution in [0.4, 0.5) is 26.3 Å². The van der Waals surface area contributed by atoms with Crippen LogP contribution in [-0.2, 0) is 38.6 Å². The molecule has 190 valence electrons. The summed E-state index contributed by atoms with van der Waals surface area (Å²) in [6.07, 6.45) is -6.59. The van der Waals surface area contributed by atoms with Gasteiger partial charge in [-0.25, -0.2) is 0 Å². The average molecular weight is 500 g/mol. The van der Waals surface area contributed by atoms with E-state index < -0.39 is 47.4 Å². The fourth-order valence-corrected chi connectivity index (χ4v) is 5.11. The molecule has 3 nitrogen and oxygen atoms in total. The van der Waals surface area contributed by atoms with Crippen LogP contribution >= 0.6 is 0 Å². The fraction of sp³-hybridized carbons (Fsp3) is 0.462. The van der Waals surface area contributed by atoms with Gasteiger partial charge in [0.1, 0.15) is 0 Å². The number of hydrogen-bond acceptors (Lipinski definition) is 3. The van der Waals surface area contributed by atoms with E-state index in [-0.39, 0.29) is 11.6 Å². The minimum atomic E-state index is -4.92. The Kier molecular flexibility index (Phi) is 7.05. The lowest BCUT2D eigenvalue weighted by Gasteiger charge is -2.47. The van der Waals surface area contributed by atoms with Crippen LogP contribution in [0, 0.1) is 0 Å². The van der Waals surface area contributed by atoms with E-state index in [1.54, 1.807) is 6.08 Å². The third-order valence-electron chi connectivity index (χ3n) is 6.90. The van der Waals surface area contributed by atoms with Gasteiger partial charge in [0, 0.05) is 18.3 Å². The van der Waals surface area contributed by atoms with Gasteiger partial charge in [0.05, 0.1) is 37.1 Å². The molecule has 0 bridgehead atoms. The zero-order valence-corrected chi connectivity index (χ0v) is 18.9. The Morgan fingerprint density at radius 1 is 0.857 bits per heavy atom. The molecular formula is C26H26F6O3. The maximum atomic E-state index is 13.3. The summed E-state index contributed by atoms with van der Waals surface area (Å²) in [4.78, 5) is 0. The van der Waals surface area contributed by atoms with E-state index in [0.29, 0.717) is 51.0 Å². The van der Waals surface area contributed by atoms with Gasteiger partial charge in [-0.05, 0) is 42.2 Å². The zero-order valence-electron chi connectivity index (χ0n) is 18.9. The monoisotopic (exact) mass is 500 g/mol. The normalized spacial score (nSPS) is 20.6. The van der Waals surface area contributed by atoms with Gasteiger partial charge in [0.2, 0.25) is 0 Å². The summed E-state index contributed by atoms with van der Waals surface area (Å²) in [5.74, 6) is -0.660. The van der Waals surface area contributed by atoms with Crippen LogP contribution in [0.25, 0.3) is 0 Å². The Morgan fingerprint density at radius 2 is 1.40 bits per heavy atom. The minimum Gasteiger partial charge on any atom is -0.369 e. The van der Waals surface area contributed by atoms with Crippen molar-refractivity contribution >= 4 is 0 Å². The highest BCUT2D eigenvalue weighted by molar-refractivity contribution is 5.34. The van der Waals surface area contributed by atoms with Crippen LogP contribution in [0.1, 0.15) is 47.9 Å². The molecular weight excluding hydrogens is 474 g/mol. The molecule has 1 atom stereocenters. The Labute approximate surface area is 199 Å². The van der Waals surface area contributed by atoms with Crippen molar-refractivity contribution in [3.63, 3.8) is 0 Å². The van der Waals surface area contributed by atoms with E-state index in [2.05, 4.69) is 6.58 Å². The average Bonchev–Trinajstić information content (AvgIpc) is 3.28. The van der Waals surface area contributed by atoms with Gasteiger partial charge >= 0.3 is 12.4 Å². The lowest BCUT2D eigenvalue weighted by Crippen LogP contribution is -2.48. The van der Waals surface area contributed by atoms with E-state index in [0.717, 1.165) is 5.56 Å². The van der Waals surface area contributed by atoms with E-state index in [4.69, 9.17) is 14.2 Å². The molecule has 2 aliphatic rings. The van der Waals surface area contributed by atoms with Crippen LogP contribution in [-0.4, -0.2) is 25.1 Å². The first-order chi connectivity index (χ1) is 16.5. The lowest BCUT2D eigenvalue weighted by atomic mass is 9.64. The first kappa shape index (κ1) is 25.7. The van der Waals surface area contributed by atoms with Gasteiger partial charge < -0.3 is 14.2 Å². The molecule has 0 aromatic heterocycles. The quantitative estimate of drug-likeness (QED) is 0.314. The van der Waals surface area contributed by atoms with Crippen molar-refractivity contribution in [2.75, 3.05) is 13.2 Å². The minimum absolute atomic E-state index is 0.113. The highest BCUT2D eigenvalue weighted by atomic mass is 19.4. The molecule has 1 spiro atoms. The number of rotatable bonds is 6. The van der Waals surface area contributed by atoms with Gasteiger partial charge in [-0.1, -0.05) is 36.4 Å². The predicted octanol–water partition coefficient (Wildman–Crippen LogP) is 7.05. The van der Waals surface area contributed by atoms with E-state index in [9.17, 15) is 26.3 Å². The first-order valence-corrected chi connectivity index (χ1v) is 11.3. The molecule has 1 unspecified atom stereocenters. The van der Waals surface area contributed by atoms with Crippen LogP contribution in [0.5, 0.6) is 0 Å². The molecule has 1 saturated heterocycles. The van der Waals surface area contributed by atoms with Crippen molar-refractivity contribution in [1.82, 2.24) is 0 Å². The molecule has 0 radical (unpaired) electrons. The zero-order chi connectivity index (χ0) is 25.3. The van der Waals surface area contributed by atoms with Gasteiger partial charge in [0.15, 0.2) is 5.79 Å². The smallest absolute Gasteiger partial charge is 0.369 e. The van der Waals surface area contributed by atoms with Crippen molar-refractivity contribution in [3.8, 4) is 0 Å². The number of benzene rings is 2. The molecule has 2 aromatic carbocycles. The summed E-state index contributed by atoms with van der Waals surface area (Å²) in [5.41, 5.74) is -2.57. The van der Waals surface area contributed by atoms with Crippen molar-refractivity contribution in [2.45, 2.75) is 61.9 Å². The van der Waals surface area contributed by atoms with Crippen LogP contribution in [0.3, 0.4) is 0 Å². The number of halogens is 6. The fourth-order valence-electron chi connectivity index (χ4n) is 5.11. The van der Waals surface area contributed by atoms with Crippen molar-refractivity contribution in [3.05, 3.63) is 83.4 Å². The van der Waals surface area contributed by atoms with E-state index >= 15 is 0 Å². The second-order valence-corrected chi connectivity index (χ2v) is 9.01. The third-order valence-corrected chi connectivity index (χ3v) is 6.90. The number of alkyl halides is 6.